The molecule has 2 N–H and O–H groups in total. The molecule has 0 spiro atoms. The van der Waals surface area contributed by atoms with Gasteiger partial charge < -0.3 is 10.6 Å². The highest BCUT2D eigenvalue weighted by Gasteiger charge is 2.18. The molecule has 0 radical (unpaired) electrons. The van der Waals surface area contributed by atoms with Crippen molar-refractivity contribution in [2.75, 3.05) is 29.5 Å². The number of thioether (sulfide) groups is 1. The smallest absolute Gasteiger partial charge is 0.0576 e. The lowest BCUT2D eigenvalue weighted by Crippen LogP contribution is -2.28. The first-order chi connectivity index (χ1) is 10.2. The van der Waals surface area contributed by atoms with Gasteiger partial charge in [-0.1, -0.05) is 18.2 Å². The van der Waals surface area contributed by atoms with E-state index in [-0.39, 0.29) is 9.49 Å². The van der Waals surface area contributed by atoms with Gasteiger partial charge in [-0.25, -0.2) is 0 Å². The van der Waals surface area contributed by atoms with Gasteiger partial charge >= 0.3 is 0 Å². The molecule has 1 rings (SSSR count). The molecule has 2 nitrogen and oxygen atoms in total. The topological polar surface area (TPSA) is 24.1 Å². The standard InChI is InChI=1S/C18H30N2S2/c1-6-7-12-22-18(4,5)14-20-16-11-9-8-10-15(16)19-13-17(2,3)21/h6,8-11,19-21H,1,7,12-14H2,2-5H3. The van der Waals surface area contributed by atoms with Crippen molar-refractivity contribution in [1.29, 1.82) is 0 Å². The third-order valence-electron chi connectivity index (χ3n) is 3.16. The first-order valence-corrected chi connectivity index (χ1v) is 9.21. The summed E-state index contributed by atoms with van der Waals surface area (Å²) in [5.74, 6) is 1.12. The molecule has 0 heterocycles. The number of allylic oxidation sites excluding steroid dienone is 1. The summed E-state index contributed by atoms with van der Waals surface area (Å²) in [6.45, 7) is 14.3. The predicted octanol–water partition coefficient (Wildman–Crippen LogP) is 5.31. The highest BCUT2D eigenvalue weighted by atomic mass is 32.2. The minimum atomic E-state index is -0.0348. The number of benzene rings is 1. The molecule has 22 heavy (non-hydrogen) atoms. The number of rotatable bonds is 10. The lowest BCUT2D eigenvalue weighted by Gasteiger charge is -2.26. The van der Waals surface area contributed by atoms with Gasteiger partial charge in [-0.05, 0) is 52.0 Å². The van der Waals surface area contributed by atoms with E-state index in [0.29, 0.717) is 0 Å². The maximum Gasteiger partial charge on any atom is 0.0576 e. The monoisotopic (exact) mass is 338 g/mol. The van der Waals surface area contributed by atoms with E-state index in [4.69, 9.17) is 0 Å². The quantitative estimate of drug-likeness (QED) is 0.306. The van der Waals surface area contributed by atoms with Crippen LogP contribution in [0.3, 0.4) is 0 Å². The molecule has 0 atom stereocenters. The minimum Gasteiger partial charge on any atom is -0.382 e. The first-order valence-electron chi connectivity index (χ1n) is 7.77. The molecule has 0 saturated heterocycles. The Morgan fingerprint density at radius 3 is 2.14 bits per heavy atom. The van der Waals surface area contributed by atoms with E-state index in [1.54, 1.807) is 0 Å². The van der Waals surface area contributed by atoms with Gasteiger partial charge in [0.25, 0.3) is 0 Å². The van der Waals surface area contributed by atoms with E-state index in [2.05, 4.69) is 81.8 Å². The van der Waals surface area contributed by atoms with E-state index in [0.717, 1.165) is 36.6 Å². The number of anilines is 2. The molecule has 0 amide bonds. The van der Waals surface area contributed by atoms with Crippen LogP contribution in [-0.2, 0) is 0 Å². The number of thiol groups is 1. The highest BCUT2D eigenvalue weighted by Crippen LogP contribution is 2.28. The van der Waals surface area contributed by atoms with E-state index in [1.807, 2.05) is 17.8 Å². The molecule has 0 aromatic heterocycles. The normalized spacial score (nSPS) is 12.0. The number of hydrogen-bond acceptors (Lipinski definition) is 4. The summed E-state index contributed by atoms with van der Waals surface area (Å²) >= 11 is 6.55. The molecule has 0 aliphatic rings. The van der Waals surface area contributed by atoms with Crippen LogP contribution in [0.4, 0.5) is 11.4 Å². The Kier molecular flexibility index (Phi) is 7.70. The molecule has 1 aromatic rings. The second-order valence-electron chi connectivity index (χ2n) is 6.75. The van der Waals surface area contributed by atoms with Gasteiger partial charge in [-0.15, -0.1) is 6.58 Å². The van der Waals surface area contributed by atoms with Crippen molar-refractivity contribution in [3.8, 4) is 0 Å². The fraction of sp³-hybridized carbons (Fsp3) is 0.556. The second-order valence-corrected chi connectivity index (χ2v) is 9.76. The zero-order chi connectivity index (χ0) is 16.6. The number of hydrogen-bond donors (Lipinski definition) is 3. The lowest BCUT2D eigenvalue weighted by molar-refractivity contribution is 0.747. The van der Waals surface area contributed by atoms with Gasteiger partial charge in [0.05, 0.1) is 11.4 Å². The summed E-state index contributed by atoms with van der Waals surface area (Å²) in [6.07, 6.45) is 3.04. The highest BCUT2D eigenvalue weighted by molar-refractivity contribution is 8.00. The van der Waals surface area contributed by atoms with Crippen LogP contribution < -0.4 is 10.6 Å². The van der Waals surface area contributed by atoms with E-state index >= 15 is 0 Å². The van der Waals surface area contributed by atoms with Crippen LogP contribution >= 0.6 is 24.4 Å². The summed E-state index contributed by atoms with van der Waals surface area (Å²) in [5, 5.41) is 7.07. The zero-order valence-corrected chi connectivity index (χ0v) is 16.0. The van der Waals surface area contributed by atoms with Crippen LogP contribution in [0.2, 0.25) is 0 Å². The van der Waals surface area contributed by atoms with Gasteiger partial charge in [0, 0.05) is 22.6 Å². The predicted molar refractivity (Wildman–Crippen MR) is 108 cm³/mol. The SMILES string of the molecule is C=CCCSC(C)(C)CNc1ccccc1NCC(C)(C)S. The van der Waals surface area contributed by atoms with Gasteiger partial charge in [0.15, 0.2) is 0 Å². The molecular weight excluding hydrogens is 308 g/mol. The average molecular weight is 339 g/mol. The van der Waals surface area contributed by atoms with Crippen molar-refractivity contribution >= 4 is 35.8 Å². The molecule has 0 fully saturated rings. The van der Waals surface area contributed by atoms with Crippen LogP contribution in [0, 0.1) is 0 Å². The Labute approximate surface area is 145 Å². The Balaban J connectivity index is 2.59. The van der Waals surface area contributed by atoms with Crippen LogP contribution in [0.15, 0.2) is 36.9 Å². The average Bonchev–Trinajstić information content (AvgIpc) is 2.43. The van der Waals surface area contributed by atoms with Crippen LogP contribution in [-0.4, -0.2) is 28.3 Å². The third-order valence-corrected chi connectivity index (χ3v) is 4.68. The molecular formula is C18H30N2S2. The Bertz CT molecular complexity index is 464. The van der Waals surface area contributed by atoms with Gasteiger partial charge in [0.2, 0.25) is 0 Å². The number of para-hydroxylation sites is 2. The Morgan fingerprint density at radius 1 is 1.09 bits per heavy atom. The van der Waals surface area contributed by atoms with Crippen LogP contribution in [0.1, 0.15) is 34.1 Å². The van der Waals surface area contributed by atoms with Crippen molar-refractivity contribution in [3.05, 3.63) is 36.9 Å². The van der Waals surface area contributed by atoms with Gasteiger partial charge in [-0.2, -0.15) is 24.4 Å². The van der Waals surface area contributed by atoms with Crippen molar-refractivity contribution in [3.63, 3.8) is 0 Å². The van der Waals surface area contributed by atoms with E-state index in [1.165, 1.54) is 0 Å². The van der Waals surface area contributed by atoms with E-state index < -0.39 is 0 Å². The molecule has 0 saturated carbocycles. The Hall–Kier alpha value is -0.740. The largest absolute Gasteiger partial charge is 0.382 e. The molecule has 1 aromatic carbocycles. The zero-order valence-electron chi connectivity index (χ0n) is 14.3. The second kappa shape index (κ2) is 8.78. The fourth-order valence-corrected chi connectivity index (χ4v) is 2.97. The fourth-order valence-electron chi connectivity index (χ4n) is 1.88. The number of nitrogens with one attached hydrogen (secondary N) is 2. The molecule has 0 aliphatic heterocycles. The van der Waals surface area contributed by atoms with Crippen LogP contribution in [0.25, 0.3) is 0 Å². The van der Waals surface area contributed by atoms with Crippen molar-refractivity contribution in [1.82, 2.24) is 0 Å². The Morgan fingerprint density at radius 2 is 1.64 bits per heavy atom. The first kappa shape index (κ1) is 19.3. The molecule has 4 heteroatoms. The summed E-state index contributed by atoms with van der Waals surface area (Å²) < 4.78 is 0.159. The summed E-state index contributed by atoms with van der Waals surface area (Å²) in [7, 11) is 0. The maximum atomic E-state index is 4.57. The van der Waals surface area contributed by atoms with Crippen molar-refractivity contribution in [2.24, 2.45) is 0 Å². The summed E-state index contributed by atoms with van der Waals surface area (Å²) in [4.78, 5) is 0. The van der Waals surface area contributed by atoms with E-state index in [9.17, 15) is 0 Å². The lowest BCUT2D eigenvalue weighted by atomic mass is 10.1. The van der Waals surface area contributed by atoms with Crippen molar-refractivity contribution in [2.45, 2.75) is 43.6 Å². The minimum absolute atomic E-state index is 0.0348. The summed E-state index contributed by atoms with van der Waals surface area (Å²) in [6, 6.07) is 8.36. The maximum absolute atomic E-state index is 4.57. The van der Waals surface area contributed by atoms with Gasteiger partial charge in [-0.3, -0.25) is 0 Å². The van der Waals surface area contributed by atoms with Gasteiger partial charge in [0.1, 0.15) is 0 Å². The van der Waals surface area contributed by atoms with Crippen molar-refractivity contribution < 1.29 is 0 Å². The molecule has 124 valence electrons. The van der Waals surface area contributed by atoms with Crippen LogP contribution in [0.5, 0.6) is 0 Å². The summed E-state index contributed by atoms with van der Waals surface area (Å²) in [5.41, 5.74) is 2.29. The molecule has 0 unspecified atom stereocenters. The third kappa shape index (κ3) is 8.04. The molecule has 0 aliphatic carbocycles. The molecule has 0 bridgehead atoms.